The Morgan fingerprint density at radius 1 is 1.35 bits per heavy atom. The third-order valence-electron chi connectivity index (χ3n) is 3.42. The molecule has 1 fully saturated rings. The molecule has 23 heavy (non-hydrogen) atoms. The number of carbonyl (C=O) groups excluding carboxylic acids is 1. The van der Waals surface area contributed by atoms with E-state index in [1.54, 1.807) is 12.4 Å². The van der Waals surface area contributed by atoms with Crippen molar-refractivity contribution >= 4 is 23.5 Å². The highest BCUT2D eigenvalue weighted by Gasteiger charge is 2.18. The van der Waals surface area contributed by atoms with Crippen LogP contribution in [0.2, 0.25) is 5.02 Å². The normalized spacial score (nSPS) is 14.6. The Balaban J connectivity index is 1.71. The lowest BCUT2D eigenvalue weighted by Gasteiger charge is -2.26. The van der Waals surface area contributed by atoms with E-state index in [2.05, 4.69) is 20.3 Å². The first-order chi connectivity index (χ1) is 11.2. The molecule has 8 heteroatoms. The van der Waals surface area contributed by atoms with Crippen molar-refractivity contribution in [3.63, 3.8) is 0 Å². The number of rotatable bonds is 4. The fourth-order valence-electron chi connectivity index (χ4n) is 2.20. The molecule has 120 valence electrons. The number of morpholine rings is 1. The summed E-state index contributed by atoms with van der Waals surface area (Å²) < 4.78 is 5.30. The highest BCUT2D eigenvalue weighted by atomic mass is 35.5. The Morgan fingerprint density at radius 2 is 2.17 bits per heavy atom. The minimum Gasteiger partial charge on any atom is -0.378 e. The SMILES string of the molecule is O=C(NCc1cccnc1)c1nc(N2CCOCC2)ncc1Cl. The molecule has 3 heterocycles. The minimum atomic E-state index is -0.337. The van der Waals surface area contributed by atoms with Gasteiger partial charge in [0.05, 0.1) is 24.4 Å². The van der Waals surface area contributed by atoms with Crippen LogP contribution < -0.4 is 10.2 Å². The van der Waals surface area contributed by atoms with Gasteiger partial charge in [0.25, 0.3) is 5.91 Å². The van der Waals surface area contributed by atoms with Crippen LogP contribution in [0.15, 0.2) is 30.7 Å². The van der Waals surface area contributed by atoms with Gasteiger partial charge in [-0.15, -0.1) is 0 Å². The van der Waals surface area contributed by atoms with Crippen molar-refractivity contribution in [1.82, 2.24) is 20.3 Å². The topological polar surface area (TPSA) is 80.2 Å². The first-order valence-corrected chi connectivity index (χ1v) is 7.64. The van der Waals surface area contributed by atoms with Gasteiger partial charge in [0, 0.05) is 32.0 Å². The number of pyridine rings is 1. The Morgan fingerprint density at radius 3 is 2.91 bits per heavy atom. The Labute approximate surface area is 138 Å². The van der Waals surface area contributed by atoms with Gasteiger partial charge in [-0.3, -0.25) is 9.78 Å². The van der Waals surface area contributed by atoms with Gasteiger partial charge in [0.1, 0.15) is 0 Å². The summed E-state index contributed by atoms with van der Waals surface area (Å²) in [6.07, 6.45) is 4.83. The predicted octanol–water partition coefficient (Wildman–Crippen LogP) is 1.29. The maximum Gasteiger partial charge on any atom is 0.271 e. The van der Waals surface area contributed by atoms with E-state index in [-0.39, 0.29) is 16.6 Å². The third kappa shape index (κ3) is 3.94. The van der Waals surface area contributed by atoms with Gasteiger partial charge >= 0.3 is 0 Å². The number of carbonyl (C=O) groups is 1. The molecule has 0 atom stereocenters. The number of anilines is 1. The summed E-state index contributed by atoms with van der Waals surface area (Å²) in [5, 5.41) is 3.02. The zero-order chi connectivity index (χ0) is 16.1. The van der Waals surface area contributed by atoms with Crippen LogP contribution in [0.1, 0.15) is 16.1 Å². The molecule has 0 unspecified atom stereocenters. The zero-order valence-electron chi connectivity index (χ0n) is 12.4. The van der Waals surface area contributed by atoms with E-state index in [9.17, 15) is 4.79 Å². The average Bonchev–Trinajstić information content (AvgIpc) is 2.62. The first-order valence-electron chi connectivity index (χ1n) is 7.26. The number of hydrogen-bond acceptors (Lipinski definition) is 6. The number of ether oxygens (including phenoxy) is 1. The summed E-state index contributed by atoms with van der Waals surface area (Å²) >= 11 is 6.07. The molecular formula is C15H16ClN5O2. The van der Waals surface area contributed by atoms with E-state index in [0.29, 0.717) is 38.8 Å². The average molecular weight is 334 g/mol. The fourth-order valence-corrected chi connectivity index (χ4v) is 2.38. The van der Waals surface area contributed by atoms with E-state index < -0.39 is 0 Å². The van der Waals surface area contributed by atoms with Crippen LogP contribution in [-0.4, -0.2) is 47.2 Å². The molecule has 1 amide bonds. The van der Waals surface area contributed by atoms with Crippen molar-refractivity contribution in [1.29, 1.82) is 0 Å². The number of halogens is 1. The van der Waals surface area contributed by atoms with Gasteiger partial charge in [-0.25, -0.2) is 9.97 Å². The molecule has 2 aromatic rings. The highest BCUT2D eigenvalue weighted by Crippen LogP contribution is 2.17. The van der Waals surface area contributed by atoms with Crippen LogP contribution in [0.5, 0.6) is 0 Å². The molecule has 1 aliphatic heterocycles. The summed E-state index contributed by atoms with van der Waals surface area (Å²) in [5.74, 6) is 0.153. The Kier molecular flexibility index (Phi) is 4.99. The summed E-state index contributed by atoms with van der Waals surface area (Å²) in [6, 6.07) is 3.70. The second-order valence-corrected chi connectivity index (χ2v) is 5.42. The molecule has 1 saturated heterocycles. The molecule has 0 radical (unpaired) electrons. The zero-order valence-corrected chi connectivity index (χ0v) is 13.2. The molecule has 1 N–H and O–H groups in total. The van der Waals surface area contributed by atoms with E-state index in [1.807, 2.05) is 17.0 Å². The first kappa shape index (κ1) is 15.6. The number of nitrogens with zero attached hydrogens (tertiary/aromatic N) is 4. The lowest BCUT2D eigenvalue weighted by molar-refractivity contribution is 0.0945. The third-order valence-corrected chi connectivity index (χ3v) is 3.69. The van der Waals surface area contributed by atoms with Crippen molar-refractivity contribution in [2.75, 3.05) is 31.2 Å². The smallest absolute Gasteiger partial charge is 0.271 e. The molecule has 2 aromatic heterocycles. The van der Waals surface area contributed by atoms with Gasteiger partial charge < -0.3 is 15.0 Å². The number of nitrogens with one attached hydrogen (secondary N) is 1. The lowest BCUT2D eigenvalue weighted by atomic mass is 10.3. The quantitative estimate of drug-likeness (QED) is 0.908. The van der Waals surface area contributed by atoms with Gasteiger partial charge in [-0.05, 0) is 11.6 Å². The van der Waals surface area contributed by atoms with Crippen LogP contribution in [0.3, 0.4) is 0 Å². The maximum atomic E-state index is 12.3. The van der Waals surface area contributed by atoms with Gasteiger partial charge in [-0.1, -0.05) is 17.7 Å². The summed E-state index contributed by atoms with van der Waals surface area (Å²) in [7, 11) is 0. The van der Waals surface area contributed by atoms with Crippen LogP contribution in [-0.2, 0) is 11.3 Å². The highest BCUT2D eigenvalue weighted by molar-refractivity contribution is 6.33. The van der Waals surface area contributed by atoms with Gasteiger partial charge in [0.2, 0.25) is 5.95 Å². The molecule has 0 saturated carbocycles. The van der Waals surface area contributed by atoms with Crippen LogP contribution >= 0.6 is 11.6 Å². The lowest BCUT2D eigenvalue weighted by Crippen LogP contribution is -2.37. The maximum absolute atomic E-state index is 12.3. The molecule has 0 bridgehead atoms. The Bertz CT molecular complexity index is 677. The van der Waals surface area contributed by atoms with Crippen LogP contribution in [0, 0.1) is 0 Å². The summed E-state index contributed by atoms with van der Waals surface area (Å²) in [6.45, 7) is 2.99. The molecule has 7 nitrogen and oxygen atoms in total. The minimum absolute atomic E-state index is 0.173. The van der Waals surface area contributed by atoms with E-state index in [0.717, 1.165) is 5.56 Å². The molecule has 1 aliphatic rings. The number of aromatic nitrogens is 3. The van der Waals surface area contributed by atoms with Gasteiger partial charge in [0.15, 0.2) is 5.69 Å². The number of hydrogen-bond donors (Lipinski definition) is 1. The van der Waals surface area contributed by atoms with E-state index in [4.69, 9.17) is 16.3 Å². The second kappa shape index (κ2) is 7.34. The molecule has 0 aromatic carbocycles. The summed E-state index contributed by atoms with van der Waals surface area (Å²) in [4.78, 5) is 26.8. The second-order valence-electron chi connectivity index (χ2n) is 5.01. The Hall–Kier alpha value is -2.25. The molecule has 0 aliphatic carbocycles. The van der Waals surface area contributed by atoms with Crippen molar-refractivity contribution in [2.24, 2.45) is 0 Å². The number of amides is 1. The van der Waals surface area contributed by atoms with Crippen LogP contribution in [0.25, 0.3) is 0 Å². The predicted molar refractivity (Wildman–Crippen MR) is 85.5 cm³/mol. The standard InChI is InChI=1S/C15H16ClN5O2/c16-12-10-19-15(21-4-6-23-7-5-21)20-13(12)14(22)18-9-11-2-1-3-17-8-11/h1-3,8,10H,4-7,9H2,(H,18,22). The fraction of sp³-hybridized carbons (Fsp3) is 0.333. The largest absolute Gasteiger partial charge is 0.378 e. The monoisotopic (exact) mass is 333 g/mol. The van der Waals surface area contributed by atoms with E-state index >= 15 is 0 Å². The van der Waals surface area contributed by atoms with Crippen molar-refractivity contribution in [2.45, 2.75) is 6.54 Å². The molecular weight excluding hydrogens is 318 g/mol. The van der Waals surface area contributed by atoms with Gasteiger partial charge in [-0.2, -0.15) is 0 Å². The van der Waals surface area contributed by atoms with Crippen molar-refractivity contribution in [3.8, 4) is 0 Å². The van der Waals surface area contributed by atoms with E-state index in [1.165, 1.54) is 6.20 Å². The summed E-state index contributed by atoms with van der Waals surface area (Å²) in [5.41, 5.74) is 1.08. The van der Waals surface area contributed by atoms with Crippen molar-refractivity contribution in [3.05, 3.63) is 47.0 Å². The van der Waals surface area contributed by atoms with Crippen molar-refractivity contribution < 1.29 is 9.53 Å². The molecule has 0 spiro atoms. The van der Waals surface area contributed by atoms with Crippen LogP contribution in [0.4, 0.5) is 5.95 Å². The molecule has 3 rings (SSSR count).